The van der Waals surface area contributed by atoms with E-state index >= 15 is 0 Å². The van der Waals surface area contributed by atoms with Crippen molar-refractivity contribution in [1.82, 2.24) is 0 Å². The van der Waals surface area contributed by atoms with Crippen LogP contribution in [0.2, 0.25) is 0 Å². The summed E-state index contributed by atoms with van der Waals surface area (Å²) < 4.78 is 5.93. The number of anilines is 1. The van der Waals surface area contributed by atoms with Crippen LogP contribution in [0.4, 0.5) is 5.69 Å². The third kappa shape index (κ3) is 3.23. The van der Waals surface area contributed by atoms with Gasteiger partial charge in [-0.15, -0.1) is 0 Å². The molecule has 1 aromatic carbocycles. The Hall–Kier alpha value is -1.07. The summed E-state index contributed by atoms with van der Waals surface area (Å²) in [6.07, 6.45) is 0.622. The monoisotopic (exact) mass is 315 g/mol. The van der Waals surface area contributed by atoms with E-state index in [1.807, 2.05) is 19.1 Å². The van der Waals surface area contributed by atoms with Crippen molar-refractivity contribution in [2.45, 2.75) is 13.3 Å². The zero-order valence-corrected chi connectivity index (χ0v) is 12.4. The number of methoxy groups -OCH3 is 1. The predicted molar refractivity (Wildman–Crippen MR) is 75.0 cm³/mol. The molecule has 0 spiro atoms. The third-order valence-corrected chi connectivity index (χ3v) is 3.54. The molecule has 1 aromatic rings. The smallest absolute Gasteiger partial charge is 0.232 e. The Morgan fingerprint density at radius 3 is 2.67 bits per heavy atom. The van der Waals surface area contributed by atoms with Gasteiger partial charge < -0.3 is 14.7 Å². The number of aliphatic hydroxyl groups is 1. The van der Waals surface area contributed by atoms with Crippen molar-refractivity contribution in [3.05, 3.63) is 22.7 Å². The first-order chi connectivity index (χ1) is 8.54. The number of aliphatic hydroxyl groups excluding tert-OH is 1. The molecule has 1 amide bonds. The molecule has 0 radical (unpaired) electrons. The molecule has 0 bridgehead atoms. The number of rotatable bonds is 5. The number of halogens is 1. The van der Waals surface area contributed by atoms with E-state index in [2.05, 4.69) is 15.9 Å². The van der Waals surface area contributed by atoms with Gasteiger partial charge in [0.05, 0.1) is 24.1 Å². The molecule has 100 valence electrons. The predicted octanol–water partition coefficient (Wildman–Crippen LogP) is 2.44. The molecule has 4 nitrogen and oxygen atoms in total. The van der Waals surface area contributed by atoms with E-state index in [4.69, 9.17) is 9.84 Å². The minimum absolute atomic E-state index is 0.0860. The van der Waals surface area contributed by atoms with Gasteiger partial charge >= 0.3 is 0 Å². The molecule has 1 N–H and O–H groups in total. The summed E-state index contributed by atoms with van der Waals surface area (Å²) in [6, 6.07) is 5.43. The Labute approximate surface area is 116 Å². The zero-order chi connectivity index (χ0) is 13.7. The molecule has 0 aliphatic carbocycles. The van der Waals surface area contributed by atoms with Gasteiger partial charge in [0.25, 0.3) is 0 Å². The SMILES string of the molecule is CCC(CO)C(=O)N(C)c1ccc(OC)c(Br)c1. The Morgan fingerprint density at radius 2 is 2.22 bits per heavy atom. The van der Waals surface area contributed by atoms with E-state index in [1.165, 1.54) is 0 Å². The molecular formula is C13H18BrNO3. The van der Waals surface area contributed by atoms with Gasteiger partial charge in [-0.1, -0.05) is 6.92 Å². The van der Waals surface area contributed by atoms with Gasteiger partial charge in [-0.3, -0.25) is 4.79 Å². The second-order valence-electron chi connectivity index (χ2n) is 4.00. The molecule has 0 aliphatic rings. The summed E-state index contributed by atoms with van der Waals surface area (Å²) in [5.74, 6) is 0.279. The van der Waals surface area contributed by atoms with Crippen molar-refractivity contribution in [2.24, 2.45) is 5.92 Å². The number of hydrogen-bond acceptors (Lipinski definition) is 3. The second kappa shape index (κ2) is 6.75. The first-order valence-electron chi connectivity index (χ1n) is 5.77. The van der Waals surface area contributed by atoms with Crippen LogP contribution >= 0.6 is 15.9 Å². The molecule has 18 heavy (non-hydrogen) atoms. The summed E-state index contributed by atoms with van der Waals surface area (Å²) in [4.78, 5) is 13.6. The average Bonchev–Trinajstić information content (AvgIpc) is 2.39. The first-order valence-corrected chi connectivity index (χ1v) is 6.56. The van der Waals surface area contributed by atoms with Crippen molar-refractivity contribution in [3.8, 4) is 5.75 Å². The molecular weight excluding hydrogens is 298 g/mol. The summed E-state index contributed by atoms with van der Waals surface area (Å²) in [5, 5.41) is 9.15. The molecule has 0 saturated carbocycles. The summed E-state index contributed by atoms with van der Waals surface area (Å²) in [5.41, 5.74) is 0.763. The number of carbonyl (C=O) groups excluding carboxylic acids is 1. The van der Waals surface area contributed by atoms with Gasteiger partial charge in [-0.2, -0.15) is 0 Å². The van der Waals surface area contributed by atoms with E-state index in [-0.39, 0.29) is 18.4 Å². The average molecular weight is 316 g/mol. The lowest BCUT2D eigenvalue weighted by Crippen LogP contribution is -2.34. The fourth-order valence-electron chi connectivity index (χ4n) is 1.65. The normalized spacial score (nSPS) is 12.1. The maximum atomic E-state index is 12.1. The van der Waals surface area contributed by atoms with Gasteiger partial charge in [-0.25, -0.2) is 0 Å². The number of ether oxygens (including phenoxy) is 1. The molecule has 1 rings (SSSR count). The van der Waals surface area contributed by atoms with Crippen molar-refractivity contribution >= 4 is 27.5 Å². The standard InChI is InChI=1S/C13H18BrNO3/c1-4-9(8-16)13(17)15(2)10-5-6-12(18-3)11(14)7-10/h5-7,9,16H,4,8H2,1-3H3. The molecule has 0 saturated heterocycles. The Kier molecular flexibility index (Phi) is 5.62. The zero-order valence-electron chi connectivity index (χ0n) is 10.8. The van der Waals surface area contributed by atoms with Crippen molar-refractivity contribution in [1.29, 1.82) is 0 Å². The second-order valence-corrected chi connectivity index (χ2v) is 4.86. The number of nitrogens with zero attached hydrogens (tertiary/aromatic N) is 1. The summed E-state index contributed by atoms with van der Waals surface area (Å²) in [7, 11) is 3.29. The maximum absolute atomic E-state index is 12.1. The molecule has 0 heterocycles. The largest absolute Gasteiger partial charge is 0.496 e. The van der Waals surface area contributed by atoms with Crippen LogP contribution in [0.15, 0.2) is 22.7 Å². The maximum Gasteiger partial charge on any atom is 0.232 e. The fraction of sp³-hybridized carbons (Fsp3) is 0.462. The number of carbonyl (C=O) groups is 1. The molecule has 0 aromatic heterocycles. The van der Waals surface area contributed by atoms with E-state index in [0.29, 0.717) is 12.2 Å². The van der Waals surface area contributed by atoms with E-state index in [9.17, 15) is 4.79 Å². The van der Waals surface area contributed by atoms with Gasteiger partial charge in [0.15, 0.2) is 0 Å². The topological polar surface area (TPSA) is 49.8 Å². The Balaban J connectivity index is 2.93. The van der Waals surface area contributed by atoms with Crippen LogP contribution in [0.1, 0.15) is 13.3 Å². The highest BCUT2D eigenvalue weighted by Gasteiger charge is 2.21. The van der Waals surface area contributed by atoms with Gasteiger partial charge in [-0.05, 0) is 40.5 Å². The van der Waals surface area contributed by atoms with Crippen LogP contribution in [0.3, 0.4) is 0 Å². The first kappa shape index (κ1) is 15.0. The lowest BCUT2D eigenvalue weighted by molar-refractivity contribution is -0.123. The van der Waals surface area contributed by atoms with Crippen LogP contribution in [0, 0.1) is 5.92 Å². The van der Waals surface area contributed by atoms with Crippen LogP contribution in [-0.2, 0) is 4.79 Å². The highest BCUT2D eigenvalue weighted by molar-refractivity contribution is 9.10. The van der Waals surface area contributed by atoms with Crippen molar-refractivity contribution in [3.63, 3.8) is 0 Å². The number of benzene rings is 1. The molecule has 0 aliphatic heterocycles. The lowest BCUT2D eigenvalue weighted by atomic mass is 10.1. The van der Waals surface area contributed by atoms with E-state index < -0.39 is 0 Å². The summed E-state index contributed by atoms with van der Waals surface area (Å²) >= 11 is 3.38. The van der Waals surface area contributed by atoms with Crippen LogP contribution in [-0.4, -0.2) is 31.8 Å². The van der Waals surface area contributed by atoms with Crippen LogP contribution < -0.4 is 9.64 Å². The fourth-order valence-corrected chi connectivity index (χ4v) is 2.18. The molecule has 0 fully saturated rings. The van der Waals surface area contributed by atoms with Crippen molar-refractivity contribution < 1.29 is 14.6 Å². The third-order valence-electron chi connectivity index (χ3n) is 2.92. The Morgan fingerprint density at radius 1 is 1.56 bits per heavy atom. The number of hydrogen-bond donors (Lipinski definition) is 1. The molecule has 5 heteroatoms. The minimum Gasteiger partial charge on any atom is -0.496 e. The number of amides is 1. The van der Waals surface area contributed by atoms with Gasteiger partial charge in [0.2, 0.25) is 5.91 Å². The molecule has 1 atom stereocenters. The molecule has 1 unspecified atom stereocenters. The summed E-state index contributed by atoms with van der Waals surface area (Å²) in [6.45, 7) is 1.76. The van der Waals surface area contributed by atoms with Crippen molar-refractivity contribution in [2.75, 3.05) is 25.7 Å². The van der Waals surface area contributed by atoms with E-state index in [0.717, 1.165) is 10.2 Å². The highest BCUT2D eigenvalue weighted by atomic mass is 79.9. The lowest BCUT2D eigenvalue weighted by Gasteiger charge is -2.22. The van der Waals surface area contributed by atoms with E-state index in [1.54, 1.807) is 25.1 Å². The quantitative estimate of drug-likeness (QED) is 0.908. The highest BCUT2D eigenvalue weighted by Crippen LogP contribution is 2.29. The van der Waals surface area contributed by atoms with Crippen LogP contribution in [0.25, 0.3) is 0 Å². The minimum atomic E-state index is -0.351. The van der Waals surface area contributed by atoms with Crippen LogP contribution in [0.5, 0.6) is 5.75 Å². The Bertz CT molecular complexity index is 419. The van der Waals surface area contributed by atoms with Gasteiger partial charge in [0, 0.05) is 12.7 Å². The van der Waals surface area contributed by atoms with Gasteiger partial charge in [0.1, 0.15) is 5.75 Å².